The summed E-state index contributed by atoms with van der Waals surface area (Å²) in [6.45, 7) is 0.460. The lowest BCUT2D eigenvalue weighted by Crippen LogP contribution is -2.27. The first-order chi connectivity index (χ1) is 6.83. The molecule has 1 heterocycles. The Bertz CT molecular complexity index is 329. The fourth-order valence-corrected chi connectivity index (χ4v) is 1.64. The van der Waals surface area contributed by atoms with Crippen LogP contribution in [0.2, 0.25) is 0 Å². The van der Waals surface area contributed by atoms with Crippen LogP contribution in [0.3, 0.4) is 0 Å². The molecule has 1 aromatic rings. The van der Waals surface area contributed by atoms with Gasteiger partial charge in [-0.2, -0.15) is 0 Å². The van der Waals surface area contributed by atoms with E-state index in [4.69, 9.17) is 5.53 Å². The predicted octanol–water partition coefficient (Wildman–Crippen LogP) is 1.72. The number of azide groups is 1. The molecular formula is C8H10N4OS. The molecule has 74 valence electrons. The fourth-order valence-electron chi connectivity index (χ4n) is 0.932. The zero-order valence-electron chi connectivity index (χ0n) is 7.51. The van der Waals surface area contributed by atoms with Gasteiger partial charge in [0.25, 0.3) is 0 Å². The molecule has 0 spiro atoms. The molecule has 0 unspecified atom stereocenters. The van der Waals surface area contributed by atoms with Crippen LogP contribution in [0.4, 0.5) is 0 Å². The van der Waals surface area contributed by atoms with Gasteiger partial charge in [0.05, 0.1) is 0 Å². The molecule has 1 aromatic heterocycles. The van der Waals surface area contributed by atoms with E-state index in [-0.39, 0.29) is 12.5 Å². The van der Waals surface area contributed by atoms with Gasteiger partial charge in [0.2, 0.25) is 5.91 Å². The summed E-state index contributed by atoms with van der Waals surface area (Å²) < 4.78 is 0. The van der Waals surface area contributed by atoms with E-state index in [1.54, 1.807) is 11.3 Å². The number of amides is 1. The third-order valence-electron chi connectivity index (χ3n) is 1.55. The highest BCUT2D eigenvalue weighted by Gasteiger charge is 1.98. The van der Waals surface area contributed by atoms with E-state index in [9.17, 15) is 4.79 Å². The van der Waals surface area contributed by atoms with E-state index in [1.165, 1.54) is 4.88 Å². The Morgan fingerprint density at radius 1 is 1.71 bits per heavy atom. The Balaban J connectivity index is 2.15. The maximum Gasteiger partial charge on any atom is 0.225 e. The van der Waals surface area contributed by atoms with E-state index >= 15 is 0 Å². The van der Waals surface area contributed by atoms with Gasteiger partial charge in [0.1, 0.15) is 6.54 Å². The van der Waals surface area contributed by atoms with E-state index in [1.807, 2.05) is 17.5 Å². The quantitative estimate of drug-likeness (QED) is 0.448. The van der Waals surface area contributed by atoms with Crippen molar-refractivity contribution in [1.82, 2.24) is 5.32 Å². The smallest absolute Gasteiger partial charge is 0.225 e. The summed E-state index contributed by atoms with van der Waals surface area (Å²) in [5, 5.41) is 7.81. The lowest BCUT2D eigenvalue weighted by molar-refractivity contribution is -0.119. The SMILES string of the molecule is [N-]=[N+]=NCC(=O)NCCc1cccs1. The molecule has 1 rings (SSSR count). The molecule has 0 aliphatic heterocycles. The number of carbonyl (C=O) groups excluding carboxylic acids is 1. The molecule has 5 nitrogen and oxygen atoms in total. The van der Waals surface area contributed by atoms with Gasteiger partial charge < -0.3 is 5.32 Å². The van der Waals surface area contributed by atoms with Crippen molar-refractivity contribution in [1.29, 1.82) is 0 Å². The molecule has 0 radical (unpaired) electrons. The first-order valence-corrected chi connectivity index (χ1v) is 5.01. The average molecular weight is 210 g/mol. The van der Waals surface area contributed by atoms with Crippen LogP contribution >= 0.6 is 11.3 Å². The molecule has 1 amide bonds. The lowest BCUT2D eigenvalue weighted by atomic mass is 10.3. The highest BCUT2D eigenvalue weighted by Crippen LogP contribution is 2.07. The summed E-state index contributed by atoms with van der Waals surface area (Å²) in [5.74, 6) is -0.237. The first kappa shape index (κ1) is 10.6. The summed E-state index contributed by atoms with van der Waals surface area (Å²) in [5.41, 5.74) is 7.97. The number of nitrogens with zero attached hydrogens (tertiary/aromatic N) is 3. The van der Waals surface area contributed by atoms with Crippen LogP contribution < -0.4 is 5.32 Å². The van der Waals surface area contributed by atoms with Gasteiger partial charge in [-0.05, 0) is 23.4 Å². The molecule has 0 aliphatic rings. The molecule has 0 aromatic carbocycles. The van der Waals surface area contributed by atoms with Crippen molar-refractivity contribution in [2.75, 3.05) is 13.1 Å². The van der Waals surface area contributed by atoms with Crippen LogP contribution in [-0.4, -0.2) is 19.0 Å². The van der Waals surface area contributed by atoms with Crippen molar-refractivity contribution in [3.63, 3.8) is 0 Å². The van der Waals surface area contributed by atoms with Gasteiger partial charge in [-0.25, -0.2) is 0 Å². The van der Waals surface area contributed by atoms with Crippen molar-refractivity contribution in [2.45, 2.75) is 6.42 Å². The van der Waals surface area contributed by atoms with Gasteiger partial charge in [-0.15, -0.1) is 11.3 Å². The second-order valence-electron chi connectivity index (χ2n) is 2.57. The molecular weight excluding hydrogens is 200 g/mol. The average Bonchev–Trinajstić information content (AvgIpc) is 2.67. The number of carbonyl (C=O) groups is 1. The fraction of sp³-hybridized carbons (Fsp3) is 0.375. The topological polar surface area (TPSA) is 77.9 Å². The standard InChI is InChI=1S/C8H10N4OS/c9-12-11-6-8(13)10-4-3-7-2-1-5-14-7/h1-2,5H,3-4,6H2,(H,10,13). The Kier molecular flexibility index (Phi) is 4.54. The van der Waals surface area contributed by atoms with Gasteiger partial charge in [-0.3, -0.25) is 4.79 Å². The second kappa shape index (κ2) is 6.01. The summed E-state index contributed by atoms with van der Waals surface area (Å²) in [6, 6.07) is 3.99. The van der Waals surface area contributed by atoms with Crippen molar-refractivity contribution < 1.29 is 4.79 Å². The number of rotatable bonds is 5. The summed E-state index contributed by atoms with van der Waals surface area (Å²) >= 11 is 1.66. The number of hydrogen-bond acceptors (Lipinski definition) is 3. The van der Waals surface area contributed by atoms with Crippen LogP contribution in [0.1, 0.15) is 4.88 Å². The third-order valence-corrected chi connectivity index (χ3v) is 2.49. The van der Waals surface area contributed by atoms with Crippen LogP contribution in [0.25, 0.3) is 10.4 Å². The minimum Gasteiger partial charge on any atom is -0.356 e. The monoisotopic (exact) mass is 210 g/mol. The first-order valence-electron chi connectivity index (χ1n) is 4.13. The molecule has 0 saturated heterocycles. The van der Waals surface area contributed by atoms with E-state index in [0.29, 0.717) is 6.54 Å². The van der Waals surface area contributed by atoms with Gasteiger partial charge in [-0.1, -0.05) is 11.2 Å². The molecule has 0 atom stereocenters. The van der Waals surface area contributed by atoms with E-state index in [0.717, 1.165) is 6.42 Å². The summed E-state index contributed by atoms with van der Waals surface area (Å²) in [4.78, 5) is 14.7. The Labute approximate surface area is 85.4 Å². The van der Waals surface area contributed by atoms with Crippen molar-refractivity contribution in [3.8, 4) is 0 Å². The van der Waals surface area contributed by atoms with Gasteiger partial charge >= 0.3 is 0 Å². The summed E-state index contributed by atoms with van der Waals surface area (Å²) in [6.07, 6.45) is 0.819. The highest BCUT2D eigenvalue weighted by atomic mass is 32.1. The van der Waals surface area contributed by atoms with E-state index in [2.05, 4.69) is 15.3 Å². The molecule has 0 aliphatic carbocycles. The number of hydrogen-bond donors (Lipinski definition) is 1. The maximum absolute atomic E-state index is 11.0. The highest BCUT2D eigenvalue weighted by molar-refractivity contribution is 7.09. The largest absolute Gasteiger partial charge is 0.356 e. The minimum atomic E-state index is -0.237. The van der Waals surface area contributed by atoms with Crippen LogP contribution in [0, 0.1) is 0 Å². The molecule has 6 heteroatoms. The van der Waals surface area contributed by atoms with Crippen molar-refractivity contribution in [3.05, 3.63) is 32.8 Å². The number of nitrogens with one attached hydrogen (secondary N) is 1. The molecule has 0 saturated carbocycles. The van der Waals surface area contributed by atoms with Crippen LogP contribution in [0.5, 0.6) is 0 Å². The minimum absolute atomic E-state index is 0.124. The molecule has 14 heavy (non-hydrogen) atoms. The normalized spacial score (nSPS) is 9.14. The lowest BCUT2D eigenvalue weighted by Gasteiger charge is -2.00. The van der Waals surface area contributed by atoms with Crippen LogP contribution in [-0.2, 0) is 11.2 Å². The van der Waals surface area contributed by atoms with Gasteiger partial charge in [0.15, 0.2) is 0 Å². The molecule has 1 N–H and O–H groups in total. The van der Waals surface area contributed by atoms with Gasteiger partial charge in [0, 0.05) is 16.3 Å². The zero-order valence-corrected chi connectivity index (χ0v) is 8.33. The second-order valence-corrected chi connectivity index (χ2v) is 3.60. The Morgan fingerprint density at radius 3 is 3.21 bits per heavy atom. The third kappa shape index (κ3) is 3.93. The van der Waals surface area contributed by atoms with E-state index < -0.39 is 0 Å². The predicted molar refractivity (Wildman–Crippen MR) is 55.0 cm³/mol. The Morgan fingerprint density at radius 2 is 2.57 bits per heavy atom. The van der Waals surface area contributed by atoms with Crippen molar-refractivity contribution >= 4 is 17.2 Å². The Hall–Kier alpha value is -1.52. The zero-order chi connectivity index (χ0) is 10.2. The molecule has 0 fully saturated rings. The molecule has 0 bridgehead atoms. The van der Waals surface area contributed by atoms with Crippen molar-refractivity contribution in [2.24, 2.45) is 5.11 Å². The van der Waals surface area contributed by atoms with Crippen LogP contribution in [0.15, 0.2) is 22.6 Å². The maximum atomic E-state index is 11.0. The summed E-state index contributed by atoms with van der Waals surface area (Å²) in [7, 11) is 0. The number of thiophene rings is 1.